The summed E-state index contributed by atoms with van der Waals surface area (Å²) in [5, 5.41) is 21.0. The lowest BCUT2D eigenvalue weighted by Gasteiger charge is -2.21. The van der Waals surface area contributed by atoms with Crippen molar-refractivity contribution in [1.82, 2.24) is 0 Å². The number of hydrogen-bond acceptors (Lipinski definition) is 15. The molecule has 15 aromatic rings. The summed E-state index contributed by atoms with van der Waals surface area (Å²) in [6.07, 6.45) is 0. The van der Waals surface area contributed by atoms with Crippen molar-refractivity contribution in [2.24, 2.45) is 0 Å². The molecule has 0 saturated heterocycles. The lowest BCUT2D eigenvalue weighted by Crippen LogP contribution is -2.20. The van der Waals surface area contributed by atoms with Crippen molar-refractivity contribution in [1.29, 1.82) is 0 Å². The van der Waals surface area contributed by atoms with Crippen LogP contribution < -0.4 is 9.47 Å². The van der Waals surface area contributed by atoms with E-state index in [2.05, 4.69) is 45.0 Å². The molecule has 0 fully saturated rings. The third-order valence-electron chi connectivity index (χ3n) is 21.3. The molecule has 5 aliphatic rings. The number of carbonyl (C=O) groups is 2. The standard InChI is InChI=1S/C22H21O2S2.C20H16O3S2.C20H15O3S2.C20H17O3S2.C19H12NO4S/c1-22(2,3)16-12-14-17(15-13-16)25-18-8-4-6-10-20(18)26(23,24)21-11-7-5-9-19(21)25;1-13-11-15(12-14(2)20(13)21)24-16-7-3-5-9-18(16)25(22,23)19-10-6-4-8-17(19)24;1-14(21)15-10-12-16(13-11-15)24-17-6-2-4-8-19(17)25(22,23)20-9-5-3-7-18(20)24;1-2-23-15-11-13-16(14-12-15)24-17-7-3-5-9-19(17)25(21,22)20-10-6-4-8-18(20)24;21-19-15-5-1-3-7-17(15)25(18-8-4-2-6-16(18)24-19)14-11-9-13(10-12-14)20(22)23/h4-15H,1-3H3;3-12H,1-2H3;2-13H,1H3;3-14H,2H2,1H3;1-12H/q+1;;3*+1/p+1. The van der Waals surface area contributed by atoms with E-state index in [1.807, 2.05) is 197 Å². The number of benzene rings is 15. The van der Waals surface area contributed by atoms with Gasteiger partial charge in [-0.25, -0.2) is 38.5 Å². The van der Waals surface area contributed by atoms with Gasteiger partial charge in [0.15, 0.2) is 80.1 Å². The Kier molecular flexibility index (Phi) is 24.8. The van der Waals surface area contributed by atoms with Crippen molar-refractivity contribution in [3.05, 3.63) is 390 Å². The number of nitro groups is 1. The van der Waals surface area contributed by atoms with Crippen LogP contribution in [0, 0.1) is 24.0 Å². The highest BCUT2D eigenvalue weighted by Crippen LogP contribution is 2.51. The van der Waals surface area contributed by atoms with Gasteiger partial charge in [-0.15, -0.1) is 0 Å². The molecule has 0 bridgehead atoms. The topological polar surface area (TPSA) is 253 Å². The zero-order valence-corrected chi connectivity index (χ0v) is 76.3. The molecule has 5 heterocycles. The molecule has 1 unspecified atom stereocenters. The second-order valence-corrected chi connectivity index (χ2v) is 47.7. The van der Waals surface area contributed by atoms with Gasteiger partial charge in [-0.3, -0.25) is 14.9 Å². The predicted octanol–water partition coefficient (Wildman–Crippen LogP) is 22.2. The molecule has 0 aromatic heterocycles. The summed E-state index contributed by atoms with van der Waals surface area (Å²) in [6.45, 7) is 14.4. The molecule has 5 aliphatic heterocycles. The number of Topliss-reactive ketones (excluding diaryl/α,β-unsaturated/α-hetero) is 1. The fourth-order valence-corrected chi connectivity index (χ4v) is 36.5. The molecule has 16 nitrogen and oxygen atoms in total. The van der Waals surface area contributed by atoms with Gasteiger partial charge in [0.2, 0.25) is 44.2 Å². The van der Waals surface area contributed by atoms with Gasteiger partial charge in [0.25, 0.3) is 5.69 Å². The Hall–Kier alpha value is -12.0. The first-order valence-corrected chi connectivity index (χ1v) is 51.9. The summed E-state index contributed by atoms with van der Waals surface area (Å²) in [5.74, 6) is 1.26. The molecule has 126 heavy (non-hydrogen) atoms. The second kappa shape index (κ2) is 35.8. The summed E-state index contributed by atoms with van der Waals surface area (Å²) in [4.78, 5) is 51.3. The van der Waals surface area contributed by atoms with Crippen LogP contribution in [0.25, 0.3) is 0 Å². The van der Waals surface area contributed by atoms with Crippen LogP contribution in [0.4, 0.5) is 5.69 Å². The summed E-state index contributed by atoms with van der Waals surface area (Å²) in [7, 11) is -16.5. The maximum absolute atomic E-state index is 13.1. The zero-order chi connectivity index (χ0) is 88.7. The molecular formula is C101H82NO15S9+5. The summed E-state index contributed by atoms with van der Waals surface area (Å²) in [5.41, 5.74) is 4.16. The van der Waals surface area contributed by atoms with Crippen LogP contribution in [0.2, 0.25) is 0 Å². The van der Waals surface area contributed by atoms with Crippen LogP contribution in [-0.2, 0) is 99.2 Å². The Morgan fingerprint density at radius 2 is 0.643 bits per heavy atom. The highest BCUT2D eigenvalue weighted by molar-refractivity contribution is 8.02. The number of aromatic hydroxyl groups is 1. The van der Waals surface area contributed by atoms with Crippen molar-refractivity contribution >= 4 is 111 Å². The van der Waals surface area contributed by atoms with Crippen LogP contribution in [0.3, 0.4) is 0 Å². The van der Waals surface area contributed by atoms with Crippen LogP contribution in [-0.4, -0.2) is 62.1 Å². The fourth-order valence-electron chi connectivity index (χ4n) is 15.2. The third kappa shape index (κ3) is 16.7. The van der Waals surface area contributed by atoms with E-state index >= 15 is 0 Å². The van der Waals surface area contributed by atoms with Gasteiger partial charge >= 0.3 is 5.97 Å². The van der Waals surface area contributed by atoms with E-state index < -0.39 is 98.7 Å². The number of esters is 1. The van der Waals surface area contributed by atoms with E-state index in [1.165, 1.54) is 24.6 Å². The maximum atomic E-state index is 13.1. The lowest BCUT2D eigenvalue weighted by molar-refractivity contribution is -0.384. The van der Waals surface area contributed by atoms with Crippen LogP contribution in [0.1, 0.15) is 72.0 Å². The number of nitro benzene ring substituents is 1. The number of fused-ring (bicyclic) bond motifs is 10. The molecule has 0 radical (unpaired) electrons. The number of ketones is 1. The normalized spacial score (nSPS) is 15.5. The molecule has 25 heteroatoms. The highest BCUT2D eigenvalue weighted by Gasteiger charge is 2.50. The number of rotatable bonds is 9. The van der Waals surface area contributed by atoms with E-state index in [0.717, 1.165) is 90.3 Å². The first-order valence-electron chi connectivity index (χ1n) is 39.8. The van der Waals surface area contributed by atoms with Gasteiger partial charge in [0, 0.05) is 42.0 Å². The predicted molar refractivity (Wildman–Crippen MR) is 492 cm³/mol. The van der Waals surface area contributed by atoms with Gasteiger partial charge in [0.1, 0.15) is 111 Å². The average molecular weight is 1840 g/mol. The van der Waals surface area contributed by atoms with Gasteiger partial charge in [-0.2, -0.15) is 0 Å². The number of nitrogens with zero attached hydrogens (tertiary/aromatic N) is 1. The number of carbonyl (C=O) groups excluding carboxylic acids is 2. The monoisotopic (exact) mass is 1840 g/mol. The molecule has 0 saturated carbocycles. The van der Waals surface area contributed by atoms with Crippen LogP contribution in [0.5, 0.6) is 17.2 Å². The first kappa shape index (κ1) is 87.5. The second-order valence-electron chi connectivity index (χ2n) is 30.4. The Morgan fingerprint density at radius 3 is 0.960 bits per heavy atom. The Balaban J connectivity index is 0.000000116. The van der Waals surface area contributed by atoms with Gasteiger partial charge in [0.05, 0.1) is 11.5 Å². The molecule has 15 aromatic carbocycles. The van der Waals surface area contributed by atoms with E-state index in [0.29, 0.717) is 68.4 Å². The van der Waals surface area contributed by atoms with E-state index in [9.17, 15) is 58.5 Å². The molecule has 1 N–H and O–H groups in total. The van der Waals surface area contributed by atoms with Crippen LogP contribution >= 0.6 is 0 Å². The van der Waals surface area contributed by atoms with Gasteiger partial charge in [-0.05, 0) is 232 Å². The Labute approximate surface area is 747 Å². The number of aryl methyl sites for hydroxylation is 2. The van der Waals surface area contributed by atoms with E-state index in [1.54, 1.807) is 140 Å². The molecule has 0 aliphatic carbocycles. The van der Waals surface area contributed by atoms with E-state index in [4.69, 9.17) is 9.47 Å². The first-order chi connectivity index (χ1) is 60.5. The summed E-state index contributed by atoms with van der Waals surface area (Å²) < 4.78 is 115. The SMILES string of the molecule is CC(=O)c1ccc([S+]2c3ccccc3S(=O)(=O)c3ccccc32)cc1.CC(C)(C)c1ccc([S+]2c3ccccc3S(=O)(=O)c3ccccc32)cc1.CCOc1ccc([S+]2c3ccccc3S(=O)(=O)c3ccccc32)cc1.Cc1cc([S+]2c3ccccc3S(=O)(=O)c3ccccc32)cc(C)c1O.O=C1Oc2ccccc2[S+](c2ccc([N+](=O)[O-])cc2)c2ccccc21. The van der Waals surface area contributed by atoms with Crippen molar-refractivity contribution < 1.29 is 62.8 Å². The summed E-state index contributed by atoms with van der Waals surface area (Å²) >= 11 is 0. The number of hydrogen-bond donors (Lipinski definition) is 1. The maximum Gasteiger partial charge on any atom is 0.348 e. The average Bonchev–Trinajstić information content (AvgIpc) is 0.851. The lowest BCUT2D eigenvalue weighted by atomic mass is 9.87. The highest BCUT2D eigenvalue weighted by atomic mass is 32.2. The molecule has 630 valence electrons. The largest absolute Gasteiger partial charge is 0.507 e. The smallest absolute Gasteiger partial charge is 0.348 e. The third-order valence-corrected chi connectivity index (χ3v) is 41.4. The summed E-state index contributed by atoms with van der Waals surface area (Å²) in [6, 6.07) is 107. The number of non-ortho nitro benzene ring substituents is 1. The number of ether oxygens (including phenoxy) is 2. The van der Waals surface area contributed by atoms with Crippen molar-refractivity contribution in [3.63, 3.8) is 0 Å². The van der Waals surface area contributed by atoms with E-state index in [-0.39, 0.29) is 22.9 Å². The minimum absolute atomic E-state index is 0.0157. The quantitative estimate of drug-likeness (QED) is 0.0352. The van der Waals surface area contributed by atoms with Crippen LogP contribution in [0.15, 0.2) is 464 Å². The Morgan fingerprint density at radius 1 is 0.373 bits per heavy atom. The minimum atomic E-state index is -3.51. The molecule has 0 spiro atoms. The Bertz CT molecular complexity index is 7050. The zero-order valence-electron chi connectivity index (χ0n) is 69.0. The van der Waals surface area contributed by atoms with Crippen molar-refractivity contribution in [3.8, 4) is 17.2 Å². The number of sulfone groups is 4. The number of para-hydroxylation sites is 1. The minimum Gasteiger partial charge on any atom is -0.507 e. The van der Waals surface area contributed by atoms with Gasteiger partial charge < -0.3 is 14.6 Å². The molecule has 0 amide bonds. The van der Waals surface area contributed by atoms with Crippen molar-refractivity contribution in [2.75, 3.05) is 6.61 Å². The van der Waals surface area contributed by atoms with Gasteiger partial charge in [-0.1, -0.05) is 154 Å². The van der Waals surface area contributed by atoms with Crippen molar-refractivity contribution in [2.45, 2.75) is 166 Å². The molecular weight excluding hydrogens is 1760 g/mol. The number of phenols is 1. The molecule has 20 rings (SSSR count). The molecule has 1 atom stereocenters. The number of phenolic OH excluding ortho intramolecular Hbond substituents is 1. The fraction of sp³-hybridized carbons (Fsp3) is 0.0891.